The molecule has 0 fully saturated rings. The highest BCUT2D eigenvalue weighted by Crippen LogP contribution is 2.17. The third kappa shape index (κ3) is 6.96. The third-order valence-electron chi connectivity index (χ3n) is 4.76. The number of hydrogen-bond donors (Lipinski definition) is 2. The Hall–Kier alpha value is -2.22. The summed E-state index contributed by atoms with van der Waals surface area (Å²) >= 11 is 0. The van der Waals surface area contributed by atoms with Crippen LogP contribution in [0.1, 0.15) is 30.9 Å². The molecule has 0 aromatic heterocycles. The van der Waals surface area contributed by atoms with Gasteiger partial charge in [-0.05, 0) is 37.6 Å². The van der Waals surface area contributed by atoms with Crippen LogP contribution in [0.2, 0.25) is 0 Å². The molecule has 6 nitrogen and oxygen atoms in total. The van der Waals surface area contributed by atoms with Gasteiger partial charge in [-0.2, -0.15) is 0 Å². The topological polar surface area (TPSA) is 70.9 Å². The van der Waals surface area contributed by atoms with Gasteiger partial charge in [-0.3, -0.25) is 4.79 Å². The van der Waals surface area contributed by atoms with Crippen molar-refractivity contribution >= 4 is 21.6 Å². The maximum Gasteiger partial charge on any atom is 0.279 e. The molecule has 0 radical (unpaired) electrons. The molecule has 2 aromatic rings. The molecule has 0 heterocycles. The molecule has 158 valence electrons. The van der Waals surface area contributed by atoms with Crippen LogP contribution >= 0.6 is 0 Å². The van der Waals surface area contributed by atoms with Crippen LogP contribution in [0, 0.1) is 6.92 Å². The summed E-state index contributed by atoms with van der Waals surface area (Å²) in [5, 5.41) is 2.84. The van der Waals surface area contributed by atoms with E-state index in [1.54, 1.807) is 19.2 Å². The second kappa shape index (κ2) is 10.5. The van der Waals surface area contributed by atoms with Crippen LogP contribution in [-0.2, 0) is 21.4 Å². The van der Waals surface area contributed by atoms with Crippen LogP contribution in [0.25, 0.3) is 0 Å². The van der Waals surface area contributed by atoms with Gasteiger partial charge in [0.05, 0.1) is 11.9 Å². The van der Waals surface area contributed by atoms with Crippen molar-refractivity contribution in [1.82, 2.24) is 4.31 Å². The number of aryl methyl sites for hydroxylation is 1. The smallest absolute Gasteiger partial charge is 0.279 e. The highest BCUT2D eigenvalue weighted by molar-refractivity contribution is 7.89. The summed E-state index contributed by atoms with van der Waals surface area (Å²) in [7, 11) is 0.0674. The van der Waals surface area contributed by atoms with E-state index in [0.717, 1.165) is 24.3 Å². The number of likely N-dealkylation sites (N-methyl/N-ethyl adjacent to an activating group) is 1. The summed E-state index contributed by atoms with van der Waals surface area (Å²) in [5.74, 6) is -0.106. The Bertz CT molecular complexity index is 894. The molecule has 0 saturated carbocycles. The fourth-order valence-corrected chi connectivity index (χ4v) is 4.20. The zero-order valence-corrected chi connectivity index (χ0v) is 18.6. The lowest BCUT2D eigenvalue weighted by Gasteiger charge is -2.17. The first-order valence-corrected chi connectivity index (χ1v) is 11.4. The molecule has 1 atom stereocenters. The van der Waals surface area contributed by atoms with Crippen LogP contribution < -0.4 is 10.2 Å². The molecule has 0 aliphatic heterocycles. The van der Waals surface area contributed by atoms with Crippen molar-refractivity contribution in [1.29, 1.82) is 0 Å². The second-order valence-corrected chi connectivity index (χ2v) is 9.59. The van der Waals surface area contributed by atoms with Gasteiger partial charge >= 0.3 is 0 Å². The Labute approximate surface area is 174 Å². The monoisotopic (exact) mass is 418 g/mol. The van der Waals surface area contributed by atoms with Gasteiger partial charge in [-0.15, -0.1) is 0 Å². The quantitative estimate of drug-likeness (QED) is 0.621. The number of unbranched alkanes of at least 4 members (excludes halogenated alkanes) is 1. The first-order chi connectivity index (χ1) is 13.7. The van der Waals surface area contributed by atoms with Crippen molar-refractivity contribution in [3.63, 3.8) is 0 Å². The number of carbonyl (C=O) groups excluding carboxylic acids is 1. The van der Waals surface area contributed by atoms with Crippen LogP contribution in [0.5, 0.6) is 0 Å². The first-order valence-electron chi connectivity index (χ1n) is 9.95. The number of nitrogens with one attached hydrogen (secondary N) is 2. The average Bonchev–Trinajstić information content (AvgIpc) is 2.68. The molecule has 0 bridgehead atoms. The Morgan fingerprint density at radius 1 is 1.07 bits per heavy atom. The second-order valence-electron chi connectivity index (χ2n) is 7.55. The SMILES string of the molecule is CCCCN(C)S(=O)(=O)c1ccc(NC(=O)C[NH+](C)Cc2ccc(C)cc2)cc1. The van der Waals surface area contributed by atoms with E-state index >= 15 is 0 Å². The summed E-state index contributed by atoms with van der Waals surface area (Å²) in [4.78, 5) is 13.6. The van der Waals surface area contributed by atoms with E-state index in [9.17, 15) is 13.2 Å². The van der Waals surface area contributed by atoms with Crippen molar-refractivity contribution < 1.29 is 18.1 Å². The molecular formula is C22H32N3O3S+. The van der Waals surface area contributed by atoms with Crippen LogP contribution in [0.3, 0.4) is 0 Å². The van der Waals surface area contributed by atoms with Crippen molar-refractivity contribution in [3.8, 4) is 0 Å². The molecule has 2 aromatic carbocycles. The van der Waals surface area contributed by atoms with Gasteiger partial charge < -0.3 is 10.2 Å². The number of anilines is 1. The molecule has 29 heavy (non-hydrogen) atoms. The van der Waals surface area contributed by atoms with Crippen molar-refractivity contribution in [3.05, 3.63) is 59.7 Å². The van der Waals surface area contributed by atoms with Gasteiger partial charge in [-0.25, -0.2) is 12.7 Å². The molecule has 0 aliphatic carbocycles. The largest absolute Gasteiger partial charge is 0.326 e. The molecule has 2 rings (SSSR count). The average molecular weight is 419 g/mol. The number of sulfonamides is 1. The van der Waals surface area contributed by atoms with Crippen molar-refractivity contribution in [2.75, 3.05) is 32.5 Å². The zero-order chi connectivity index (χ0) is 21.4. The minimum absolute atomic E-state index is 0.106. The Morgan fingerprint density at radius 3 is 2.28 bits per heavy atom. The summed E-state index contributed by atoms with van der Waals surface area (Å²) in [5.41, 5.74) is 2.99. The summed E-state index contributed by atoms with van der Waals surface area (Å²) < 4.78 is 26.5. The molecule has 0 aliphatic rings. The minimum atomic E-state index is -3.50. The zero-order valence-electron chi connectivity index (χ0n) is 17.7. The number of hydrogen-bond acceptors (Lipinski definition) is 3. The van der Waals surface area contributed by atoms with E-state index in [1.165, 1.54) is 27.6 Å². The predicted octanol–water partition coefficient (Wildman–Crippen LogP) is 2.07. The highest BCUT2D eigenvalue weighted by Gasteiger charge is 2.20. The van der Waals surface area contributed by atoms with E-state index in [1.807, 2.05) is 20.9 Å². The van der Waals surface area contributed by atoms with Crippen LogP contribution in [0.15, 0.2) is 53.4 Å². The van der Waals surface area contributed by atoms with Crippen molar-refractivity contribution in [2.24, 2.45) is 0 Å². The van der Waals surface area contributed by atoms with E-state index in [4.69, 9.17) is 0 Å². The predicted molar refractivity (Wildman–Crippen MR) is 116 cm³/mol. The lowest BCUT2D eigenvalue weighted by molar-refractivity contribution is -0.885. The van der Waals surface area contributed by atoms with Gasteiger partial charge in [0.15, 0.2) is 6.54 Å². The molecular weight excluding hydrogens is 386 g/mol. The van der Waals surface area contributed by atoms with Crippen LogP contribution in [0.4, 0.5) is 5.69 Å². The number of nitrogens with zero attached hydrogens (tertiary/aromatic N) is 1. The fraction of sp³-hybridized carbons (Fsp3) is 0.409. The molecule has 7 heteroatoms. The highest BCUT2D eigenvalue weighted by atomic mass is 32.2. The number of amides is 1. The van der Waals surface area contributed by atoms with Gasteiger partial charge in [0, 0.05) is 24.8 Å². The Balaban J connectivity index is 1.91. The summed E-state index contributed by atoms with van der Waals surface area (Å²) in [6.07, 6.45) is 1.76. The third-order valence-corrected chi connectivity index (χ3v) is 6.63. The molecule has 1 unspecified atom stereocenters. The number of benzene rings is 2. The van der Waals surface area contributed by atoms with E-state index in [2.05, 4.69) is 29.6 Å². The Kier molecular flexibility index (Phi) is 8.37. The van der Waals surface area contributed by atoms with Gasteiger partial charge in [0.1, 0.15) is 6.54 Å². The van der Waals surface area contributed by atoms with Crippen LogP contribution in [-0.4, -0.2) is 45.8 Å². The number of carbonyl (C=O) groups is 1. The van der Waals surface area contributed by atoms with E-state index in [-0.39, 0.29) is 10.8 Å². The molecule has 2 N–H and O–H groups in total. The lowest BCUT2D eigenvalue weighted by Crippen LogP contribution is -3.08. The maximum absolute atomic E-state index is 12.5. The van der Waals surface area contributed by atoms with E-state index < -0.39 is 10.0 Å². The van der Waals surface area contributed by atoms with Gasteiger partial charge in [0.2, 0.25) is 10.0 Å². The number of rotatable bonds is 10. The number of quaternary nitrogens is 1. The fourth-order valence-electron chi connectivity index (χ4n) is 2.99. The minimum Gasteiger partial charge on any atom is -0.326 e. The lowest BCUT2D eigenvalue weighted by atomic mass is 10.1. The molecule has 0 spiro atoms. The maximum atomic E-state index is 12.5. The van der Waals surface area contributed by atoms with Crippen molar-refractivity contribution in [2.45, 2.75) is 38.1 Å². The standard InChI is InChI=1S/C22H31N3O3S/c1-5-6-15-25(4)29(27,28)21-13-11-20(12-14-21)23-22(26)17-24(3)16-19-9-7-18(2)8-10-19/h7-14H,5-6,15-17H2,1-4H3,(H,23,26)/p+1. The first kappa shape index (κ1) is 23.1. The summed E-state index contributed by atoms with van der Waals surface area (Å²) in [6, 6.07) is 14.6. The van der Waals surface area contributed by atoms with E-state index in [0.29, 0.717) is 18.8 Å². The molecule has 1 amide bonds. The normalized spacial score (nSPS) is 12.7. The van der Waals surface area contributed by atoms with Gasteiger partial charge in [-0.1, -0.05) is 43.2 Å². The Morgan fingerprint density at radius 2 is 1.69 bits per heavy atom. The van der Waals surface area contributed by atoms with Gasteiger partial charge in [0.25, 0.3) is 5.91 Å². The molecule has 0 saturated heterocycles. The summed E-state index contributed by atoms with van der Waals surface area (Å²) in [6.45, 7) is 5.65.